The molecule has 1 atom stereocenters. The molecule has 1 fully saturated rings. The molecule has 24 heavy (non-hydrogen) atoms. The molecule has 1 saturated carbocycles. The predicted octanol–water partition coefficient (Wildman–Crippen LogP) is 2.54. The van der Waals surface area contributed by atoms with Crippen LogP contribution in [0.5, 0.6) is 0 Å². The fraction of sp³-hybridized carbons (Fsp3) is 0.647. The molecule has 2 aromatic heterocycles. The van der Waals surface area contributed by atoms with Crippen LogP contribution in [-0.2, 0) is 11.2 Å². The molecule has 3 rings (SSSR count). The van der Waals surface area contributed by atoms with Gasteiger partial charge >= 0.3 is 0 Å². The van der Waals surface area contributed by atoms with Crippen molar-refractivity contribution < 1.29 is 9.32 Å². The first-order valence-corrected chi connectivity index (χ1v) is 8.72. The third-order valence-electron chi connectivity index (χ3n) is 4.68. The number of aromatic nitrogens is 4. The van der Waals surface area contributed by atoms with Gasteiger partial charge in [-0.15, -0.1) is 0 Å². The van der Waals surface area contributed by atoms with Gasteiger partial charge in [0.25, 0.3) is 0 Å². The summed E-state index contributed by atoms with van der Waals surface area (Å²) in [5.74, 6) is 2.81. The Bertz CT molecular complexity index is 672. The van der Waals surface area contributed by atoms with Crippen molar-refractivity contribution in [1.29, 1.82) is 0 Å². The molecule has 1 aliphatic carbocycles. The third-order valence-corrected chi connectivity index (χ3v) is 4.68. The van der Waals surface area contributed by atoms with Crippen LogP contribution in [0.3, 0.4) is 0 Å². The van der Waals surface area contributed by atoms with E-state index in [2.05, 4.69) is 20.4 Å². The van der Waals surface area contributed by atoms with E-state index in [1.54, 1.807) is 6.20 Å². The Morgan fingerprint density at radius 1 is 1.46 bits per heavy atom. The van der Waals surface area contributed by atoms with Gasteiger partial charge in [-0.2, -0.15) is 4.98 Å². The van der Waals surface area contributed by atoms with E-state index < -0.39 is 0 Å². The molecule has 1 amide bonds. The van der Waals surface area contributed by atoms with Gasteiger partial charge in [0, 0.05) is 43.7 Å². The molecule has 7 nitrogen and oxygen atoms in total. The average Bonchev–Trinajstić information content (AvgIpc) is 3.27. The minimum Gasteiger partial charge on any atom is -0.356 e. The molecule has 2 aromatic rings. The van der Waals surface area contributed by atoms with Crippen LogP contribution < -0.4 is 5.32 Å². The maximum absolute atomic E-state index is 12.1. The second-order valence-electron chi connectivity index (χ2n) is 6.57. The lowest BCUT2D eigenvalue weighted by molar-refractivity contribution is -0.121. The van der Waals surface area contributed by atoms with Crippen LogP contribution in [0.1, 0.15) is 68.5 Å². The van der Waals surface area contributed by atoms with Crippen molar-refractivity contribution >= 4 is 5.91 Å². The Balaban J connectivity index is 1.41. The van der Waals surface area contributed by atoms with E-state index in [0.717, 1.165) is 24.6 Å². The monoisotopic (exact) mass is 331 g/mol. The van der Waals surface area contributed by atoms with Crippen LogP contribution in [0.15, 0.2) is 16.9 Å². The van der Waals surface area contributed by atoms with Gasteiger partial charge in [-0.25, -0.2) is 4.98 Å². The highest BCUT2D eigenvalue weighted by molar-refractivity contribution is 5.76. The molecular weight excluding hydrogens is 306 g/mol. The average molecular weight is 331 g/mol. The van der Waals surface area contributed by atoms with Crippen LogP contribution in [0.4, 0.5) is 0 Å². The van der Waals surface area contributed by atoms with Crippen LogP contribution >= 0.6 is 0 Å². The van der Waals surface area contributed by atoms with Crippen LogP contribution in [-0.4, -0.2) is 32.1 Å². The van der Waals surface area contributed by atoms with E-state index in [4.69, 9.17) is 4.52 Å². The normalized spacial score (nSPS) is 16.4. The number of nitrogens with one attached hydrogen (secondary N) is 1. The molecule has 0 unspecified atom stereocenters. The lowest BCUT2D eigenvalue weighted by atomic mass is 10.1. The minimum atomic E-state index is 0.0233. The van der Waals surface area contributed by atoms with E-state index >= 15 is 0 Å². The summed E-state index contributed by atoms with van der Waals surface area (Å²) in [7, 11) is 0. The Morgan fingerprint density at radius 3 is 2.96 bits per heavy atom. The number of hydrogen-bond acceptors (Lipinski definition) is 5. The van der Waals surface area contributed by atoms with Gasteiger partial charge in [0.15, 0.2) is 5.82 Å². The number of hydrogen-bond donors (Lipinski definition) is 1. The topological polar surface area (TPSA) is 85.8 Å². The summed E-state index contributed by atoms with van der Waals surface area (Å²) in [6.07, 6.45) is 9.45. The number of amides is 1. The zero-order chi connectivity index (χ0) is 16.9. The smallest absolute Gasteiger partial charge is 0.229 e. The van der Waals surface area contributed by atoms with Crippen molar-refractivity contribution in [1.82, 2.24) is 25.0 Å². The zero-order valence-corrected chi connectivity index (χ0v) is 14.4. The fourth-order valence-electron chi connectivity index (χ4n) is 3.31. The van der Waals surface area contributed by atoms with Gasteiger partial charge in [-0.3, -0.25) is 4.79 Å². The molecule has 1 aliphatic rings. The van der Waals surface area contributed by atoms with Gasteiger partial charge in [0.05, 0.1) is 0 Å². The third kappa shape index (κ3) is 4.01. The van der Waals surface area contributed by atoms with Crippen molar-refractivity contribution in [3.8, 4) is 0 Å². The van der Waals surface area contributed by atoms with Crippen molar-refractivity contribution in [3.05, 3.63) is 29.9 Å². The standard InChI is InChI=1S/C17H25N5O2/c1-12(22-10-9-18-13(22)2)11-16(23)19-8-7-15-20-17(24-21-15)14-5-3-4-6-14/h9-10,12,14H,3-8,11H2,1-2H3,(H,19,23)/t12-/m1/s1. The Labute approximate surface area is 141 Å². The van der Waals surface area contributed by atoms with Crippen LogP contribution in [0.2, 0.25) is 0 Å². The number of nitrogens with zero attached hydrogens (tertiary/aromatic N) is 4. The number of carbonyl (C=O) groups excluding carboxylic acids is 1. The maximum atomic E-state index is 12.1. The first-order valence-electron chi connectivity index (χ1n) is 8.72. The molecule has 0 spiro atoms. The summed E-state index contributed by atoms with van der Waals surface area (Å²) < 4.78 is 7.36. The van der Waals surface area contributed by atoms with E-state index in [-0.39, 0.29) is 11.9 Å². The van der Waals surface area contributed by atoms with Crippen molar-refractivity contribution in [2.75, 3.05) is 6.54 Å². The number of imidazole rings is 1. The molecule has 0 aromatic carbocycles. The lowest BCUT2D eigenvalue weighted by Gasteiger charge is -2.14. The summed E-state index contributed by atoms with van der Waals surface area (Å²) in [5.41, 5.74) is 0. The predicted molar refractivity (Wildman–Crippen MR) is 88.5 cm³/mol. The highest BCUT2D eigenvalue weighted by Gasteiger charge is 2.22. The van der Waals surface area contributed by atoms with Gasteiger partial charge in [-0.1, -0.05) is 18.0 Å². The quantitative estimate of drug-likeness (QED) is 0.842. The van der Waals surface area contributed by atoms with Crippen molar-refractivity contribution in [2.24, 2.45) is 0 Å². The van der Waals surface area contributed by atoms with E-state index in [0.29, 0.717) is 31.1 Å². The van der Waals surface area contributed by atoms with E-state index in [9.17, 15) is 4.79 Å². The fourth-order valence-corrected chi connectivity index (χ4v) is 3.31. The Kier molecular flexibility index (Phi) is 5.27. The van der Waals surface area contributed by atoms with Crippen molar-refractivity contribution in [2.45, 2.75) is 64.3 Å². The number of rotatable bonds is 7. The zero-order valence-electron chi connectivity index (χ0n) is 14.4. The number of carbonyl (C=O) groups is 1. The summed E-state index contributed by atoms with van der Waals surface area (Å²) in [6.45, 7) is 4.48. The van der Waals surface area contributed by atoms with E-state index in [1.807, 2.05) is 24.6 Å². The highest BCUT2D eigenvalue weighted by atomic mass is 16.5. The van der Waals surface area contributed by atoms with Gasteiger partial charge in [-0.05, 0) is 26.7 Å². The second-order valence-corrected chi connectivity index (χ2v) is 6.57. The summed E-state index contributed by atoms with van der Waals surface area (Å²) in [4.78, 5) is 20.7. The Morgan fingerprint density at radius 2 is 2.25 bits per heavy atom. The molecule has 0 radical (unpaired) electrons. The molecule has 130 valence electrons. The van der Waals surface area contributed by atoms with Crippen molar-refractivity contribution in [3.63, 3.8) is 0 Å². The molecule has 7 heteroatoms. The second kappa shape index (κ2) is 7.59. The van der Waals surface area contributed by atoms with Crippen LogP contribution in [0.25, 0.3) is 0 Å². The van der Waals surface area contributed by atoms with Gasteiger partial charge in [0.1, 0.15) is 5.82 Å². The largest absolute Gasteiger partial charge is 0.356 e. The van der Waals surface area contributed by atoms with E-state index in [1.165, 1.54) is 12.8 Å². The molecule has 1 N–H and O–H groups in total. The molecule has 0 bridgehead atoms. The molecular formula is C17H25N5O2. The van der Waals surface area contributed by atoms with Gasteiger partial charge in [0.2, 0.25) is 11.8 Å². The minimum absolute atomic E-state index is 0.0233. The first kappa shape index (κ1) is 16.7. The van der Waals surface area contributed by atoms with Crippen LogP contribution in [0, 0.1) is 6.92 Å². The molecule has 0 aliphatic heterocycles. The summed E-state index contributed by atoms with van der Waals surface area (Å²) in [5, 5.41) is 6.95. The summed E-state index contributed by atoms with van der Waals surface area (Å²) in [6, 6.07) is 0.0895. The highest BCUT2D eigenvalue weighted by Crippen LogP contribution is 2.32. The first-order chi connectivity index (χ1) is 11.6. The number of aryl methyl sites for hydroxylation is 1. The Hall–Kier alpha value is -2.18. The maximum Gasteiger partial charge on any atom is 0.229 e. The summed E-state index contributed by atoms with van der Waals surface area (Å²) >= 11 is 0. The molecule has 0 saturated heterocycles. The molecule has 2 heterocycles. The lowest BCUT2D eigenvalue weighted by Crippen LogP contribution is -2.28. The SMILES string of the molecule is Cc1nccn1[C@H](C)CC(=O)NCCc1noc(C2CCCC2)n1. The van der Waals surface area contributed by atoms with Gasteiger partial charge < -0.3 is 14.4 Å².